The molecule has 0 aliphatic carbocycles. The van der Waals surface area contributed by atoms with Crippen LogP contribution in [0.25, 0.3) is 11.3 Å². The molecule has 1 unspecified atom stereocenters. The smallest absolute Gasteiger partial charge is 0.438 e. The fraction of sp³-hybridized carbons (Fsp3) is 0.238. The summed E-state index contributed by atoms with van der Waals surface area (Å²) in [7, 11) is 0. The Morgan fingerprint density at radius 3 is 2.35 bits per heavy atom. The highest BCUT2D eigenvalue weighted by atomic mass is 32.1. The summed E-state index contributed by atoms with van der Waals surface area (Å²) >= 11 is 0.905. The molecular weight excluding hydrogens is 434 g/mol. The van der Waals surface area contributed by atoms with Crippen molar-refractivity contribution in [2.24, 2.45) is 5.10 Å². The molecule has 162 valence electrons. The molecule has 0 saturated heterocycles. The van der Waals surface area contributed by atoms with Gasteiger partial charge in [-0.2, -0.15) is 23.3 Å². The molecule has 0 amide bonds. The van der Waals surface area contributed by atoms with Crippen molar-refractivity contribution in [3.05, 3.63) is 65.3 Å². The first-order valence-corrected chi connectivity index (χ1v) is 10.2. The largest absolute Gasteiger partial charge is 0.494 e. The predicted molar refractivity (Wildman–Crippen MR) is 110 cm³/mol. The van der Waals surface area contributed by atoms with Gasteiger partial charge in [-0.3, -0.25) is 0 Å². The number of aromatic nitrogens is 1. The first-order valence-electron chi connectivity index (χ1n) is 9.33. The summed E-state index contributed by atoms with van der Waals surface area (Å²) in [4.78, 5) is 4.20. The molecule has 5 nitrogen and oxygen atoms in total. The van der Waals surface area contributed by atoms with Crippen LogP contribution in [0.15, 0.2) is 59.0 Å². The topological polar surface area (TPSA) is 58.0 Å². The van der Waals surface area contributed by atoms with Crippen LogP contribution >= 0.6 is 11.3 Å². The number of nitrogens with zero attached hydrogens (tertiary/aromatic N) is 3. The molecule has 1 N–H and O–H groups in total. The van der Waals surface area contributed by atoms with Crippen LogP contribution in [0, 0.1) is 5.82 Å². The molecule has 0 radical (unpaired) electrons. The summed E-state index contributed by atoms with van der Waals surface area (Å²) in [6.07, 6.45) is -5.73. The van der Waals surface area contributed by atoms with E-state index in [0.29, 0.717) is 34.2 Å². The van der Waals surface area contributed by atoms with Gasteiger partial charge in [0, 0.05) is 10.9 Å². The van der Waals surface area contributed by atoms with E-state index in [9.17, 15) is 22.7 Å². The van der Waals surface area contributed by atoms with Gasteiger partial charge in [0.15, 0.2) is 0 Å². The van der Waals surface area contributed by atoms with Gasteiger partial charge in [0.25, 0.3) is 5.72 Å². The number of anilines is 1. The van der Waals surface area contributed by atoms with Crippen LogP contribution in [0.1, 0.15) is 18.9 Å². The number of aliphatic hydroxyl groups is 1. The highest BCUT2D eigenvalue weighted by Crippen LogP contribution is 2.45. The fourth-order valence-corrected chi connectivity index (χ4v) is 4.00. The fourth-order valence-electron chi connectivity index (χ4n) is 3.15. The van der Waals surface area contributed by atoms with Crippen molar-refractivity contribution in [1.29, 1.82) is 0 Å². The third kappa shape index (κ3) is 4.00. The number of benzene rings is 2. The predicted octanol–water partition coefficient (Wildman–Crippen LogP) is 5.21. The SMILES string of the molecule is CCOc1ccc(C2=NN(c3nc(-c4ccc(F)cc4)cs3)C(O)(C(F)(F)F)C2)cc1. The number of halogens is 4. The van der Waals surface area contributed by atoms with Crippen molar-refractivity contribution in [2.75, 3.05) is 11.6 Å². The van der Waals surface area contributed by atoms with Crippen LogP contribution in [-0.2, 0) is 0 Å². The van der Waals surface area contributed by atoms with Gasteiger partial charge in [-0.25, -0.2) is 9.37 Å². The van der Waals surface area contributed by atoms with Crippen LogP contribution in [0.4, 0.5) is 22.7 Å². The van der Waals surface area contributed by atoms with Crippen molar-refractivity contribution in [3.8, 4) is 17.0 Å². The second-order valence-electron chi connectivity index (χ2n) is 6.83. The molecule has 4 rings (SSSR count). The van der Waals surface area contributed by atoms with Gasteiger partial charge >= 0.3 is 6.18 Å². The van der Waals surface area contributed by atoms with E-state index in [2.05, 4.69) is 10.1 Å². The maximum Gasteiger partial charge on any atom is 0.438 e. The molecular formula is C21H17F4N3O2S. The molecule has 1 aromatic heterocycles. The van der Waals surface area contributed by atoms with E-state index in [1.54, 1.807) is 24.3 Å². The van der Waals surface area contributed by atoms with Gasteiger partial charge in [0.05, 0.1) is 24.4 Å². The van der Waals surface area contributed by atoms with E-state index in [1.807, 2.05) is 6.92 Å². The van der Waals surface area contributed by atoms with E-state index < -0.39 is 24.1 Å². The summed E-state index contributed by atoms with van der Waals surface area (Å²) in [6.45, 7) is 2.28. The van der Waals surface area contributed by atoms with Crippen molar-refractivity contribution in [1.82, 2.24) is 4.98 Å². The normalized spacial score (nSPS) is 18.9. The molecule has 10 heteroatoms. The second kappa shape index (κ2) is 7.93. The molecule has 3 aromatic rings. The minimum absolute atomic E-state index is 0.0707. The quantitative estimate of drug-likeness (QED) is 0.541. The maximum absolute atomic E-state index is 13.9. The lowest BCUT2D eigenvalue weighted by Gasteiger charge is -2.32. The molecule has 31 heavy (non-hydrogen) atoms. The van der Waals surface area contributed by atoms with Crippen LogP contribution in [-0.4, -0.2) is 34.3 Å². The highest BCUT2D eigenvalue weighted by molar-refractivity contribution is 7.14. The van der Waals surface area contributed by atoms with E-state index in [0.717, 1.165) is 11.3 Å². The minimum atomic E-state index is -4.98. The number of hydrogen-bond acceptors (Lipinski definition) is 6. The lowest BCUT2D eigenvalue weighted by atomic mass is 10.0. The van der Waals surface area contributed by atoms with Gasteiger partial charge in [-0.1, -0.05) is 0 Å². The van der Waals surface area contributed by atoms with Crippen molar-refractivity contribution in [3.63, 3.8) is 0 Å². The standard InChI is InChI=1S/C21H17F4N3O2S/c1-2-30-16-9-5-13(6-10-16)17-11-20(29,21(23,24)25)28(27-17)19-26-18(12-31-19)14-3-7-15(22)8-4-14/h3-10,12,29H,2,11H2,1H3. The zero-order valence-electron chi connectivity index (χ0n) is 16.2. The minimum Gasteiger partial charge on any atom is -0.494 e. The molecule has 2 heterocycles. The van der Waals surface area contributed by atoms with Gasteiger partial charge in [-0.15, -0.1) is 11.3 Å². The Balaban J connectivity index is 1.70. The summed E-state index contributed by atoms with van der Waals surface area (Å²) < 4.78 is 60.1. The lowest BCUT2D eigenvalue weighted by molar-refractivity contribution is -0.254. The average Bonchev–Trinajstić information content (AvgIpc) is 3.34. The number of hydrazone groups is 1. The Morgan fingerprint density at radius 1 is 1.10 bits per heavy atom. The maximum atomic E-state index is 13.9. The van der Waals surface area contributed by atoms with E-state index in [1.165, 1.54) is 29.6 Å². The summed E-state index contributed by atoms with van der Waals surface area (Å²) in [5.41, 5.74) is -1.84. The first kappa shape index (κ1) is 21.3. The molecule has 2 aromatic carbocycles. The number of ether oxygens (including phenoxy) is 1. The van der Waals surface area contributed by atoms with E-state index >= 15 is 0 Å². The third-order valence-electron chi connectivity index (χ3n) is 4.75. The first-order chi connectivity index (χ1) is 14.7. The van der Waals surface area contributed by atoms with Crippen LogP contribution in [0.3, 0.4) is 0 Å². The summed E-state index contributed by atoms with van der Waals surface area (Å²) in [5.74, 6) is 0.145. The van der Waals surface area contributed by atoms with E-state index in [4.69, 9.17) is 4.74 Å². The average molecular weight is 451 g/mol. The van der Waals surface area contributed by atoms with Gasteiger partial charge in [0.1, 0.15) is 11.6 Å². The van der Waals surface area contributed by atoms with Crippen molar-refractivity contribution < 1.29 is 27.4 Å². The molecule has 0 fully saturated rings. The monoisotopic (exact) mass is 451 g/mol. The Hall–Kier alpha value is -2.98. The van der Waals surface area contributed by atoms with Crippen molar-refractivity contribution in [2.45, 2.75) is 25.2 Å². The molecule has 0 saturated carbocycles. The highest BCUT2D eigenvalue weighted by Gasteiger charge is 2.62. The van der Waals surface area contributed by atoms with Crippen molar-refractivity contribution >= 4 is 22.2 Å². The number of thiazole rings is 1. The van der Waals surface area contributed by atoms with Gasteiger partial charge in [-0.05, 0) is 61.0 Å². The van der Waals surface area contributed by atoms with Crippen LogP contribution < -0.4 is 9.75 Å². The third-order valence-corrected chi connectivity index (χ3v) is 5.57. The van der Waals surface area contributed by atoms with E-state index in [-0.39, 0.29) is 10.8 Å². The van der Waals surface area contributed by atoms with Gasteiger partial charge < -0.3 is 9.84 Å². The summed E-state index contributed by atoms with van der Waals surface area (Å²) in [6, 6.07) is 11.9. The zero-order chi connectivity index (χ0) is 22.2. The number of alkyl halides is 3. The Morgan fingerprint density at radius 2 is 1.74 bits per heavy atom. The lowest BCUT2D eigenvalue weighted by Crippen LogP contribution is -2.55. The Kier molecular flexibility index (Phi) is 5.44. The molecule has 1 atom stereocenters. The van der Waals surface area contributed by atoms with Crippen LogP contribution in [0.5, 0.6) is 5.75 Å². The molecule has 0 spiro atoms. The Labute approximate surface area is 179 Å². The molecule has 1 aliphatic heterocycles. The Bertz CT molecular complexity index is 1100. The number of hydrogen-bond donors (Lipinski definition) is 1. The summed E-state index contributed by atoms with van der Waals surface area (Å²) in [5, 5.41) is 16.6. The number of rotatable bonds is 5. The zero-order valence-corrected chi connectivity index (χ0v) is 17.0. The molecule has 1 aliphatic rings. The van der Waals surface area contributed by atoms with Gasteiger partial charge in [0.2, 0.25) is 5.13 Å². The van der Waals surface area contributed by atoms with Crippen LogP contribution in [0.2, 0.25) is 0 Å². The molecule has 0 bridgehead atoms. The second-order valence-corrected chi connectivity index (χ2v) is 7.67.